The summed E-state index contributed by atoms with van der Waals surface area (Å²) in [4.78, 5) is 12.7. The van der Waals surface area contributed by atoms with Crippen LogP contribution >= 0.6 is 0 Å². The Hall–Kier alpha value is -3.78. The van der Waals surface area contributed by atoms with Gasteiger partial charge in [-0.2, -0.15) is 5.26 Å². The summed E-state index contributed by atoms with van der Waals surface area (Å²) in [5.41, 5.74) is 4.18. The lowest BCUT2D eigenvalue weighted by molar-refractivity contribution is -0.112. The van der Waals surface area contributed by atoms with E-state index in [0.717, 1.165) is 16.7 Å². The third-order valence-corrected chi connectivity index (χ3v) is 4.39. The highest BCUT2D eigenvalue weighted by molar-refractivity contribution is 6.10. The van der Waals surface area contributed by atoms with Crippen molar-refractivity contribution in [2.45, 2.75) is 20.3 Å². The van der Waals surface area contributed by atoms with Crippen molar-refractivity contribution in [2.75, 3.05) is 19.0 Å². The standard InChI is InChI=1S/C25H26N2O3/c1-6-8-20-13-19(15-23(29-5)24(20)30-11-7-2)14-21(16-26)25(28)27-22-10-9-17(3)12-18(22)4/h6-7,9-10,12-15H,1-2,8,11H2,3-5H3,(H,27,28)/b21-14+. The van der Waals surface area contributed by atoms with Crippen LogP contribution in [0.3, 0.4) is 0 Å². The second-order valence-electron chi connectivity index (χ2n) is 6.75. The lowest BCUT2D eigenvalue weighted by Crippen LogP contribution is -2.14. The minimum absolute atomic E-state index is 0.0126. The normalized spacial score (nSPS) is 10.7. The molecule has 0 aliphatic rings. The van der Waals surface area contributed by atoms with Crippen molar-refractivity contribution >= 4 is 17.7 Å². The number of carbonyl (C=O) groups is 1. The number of hydrogen-bond donors (Lipinski definition) is 1. The number of anilines is 1. The number of ether oxygens (including phenoxy) is 2. The van der Waals surface area contributed by atoms with Gasteiger partial charge in [-0.25, -0.2) is 0 Å². The Morgan fingerprint density at radius 3 is 2.57 bits per heavy atom. The Kier molecular flexibility index (Phi) is 8.01. The van der Waals surface area contributed by atoms with Gasteiger partial charge in [0.25, 0.3) is 5.91 Å². The smallest absolute Gasteiger partial charge is 0.266 e. The molecule has 5 nitrogen and oxygen atoms in total. The topological polar surface area (TPSA) is 71.3 Å². The molecule has 0 fully saturated rings. The van der Waals surface area contributed by atoms with E-state index >= 15 is 0 Å². The van der Waals surface area contributed by atoms with Gasteiger partial charge in [0.05, 0.1) is 7.11 Å². The van der Waals surface area contributed by atoms with E-state index in [-0.39, 0.29) is 5.57 Å². The predicted molar refractivity (Wildman–Crippen MR) is 121 cm³/mol. The number of nitriles is 1. The van der Waals surface area contributed by atoms with Crippen LogP contribution in [0.4, 0.5) is 5.69 Å². The highest BCUT2D eigenvalue weighted by atomic mass is 16.5. The van der Waals surface area contributed by atoms with E-state index in [2.05, 4.69) is 18.5 Å². The summed E-state index contributed by atoms with van der Waals surface area (Å²) in [5.74, 6) is 0.628. The highest BCUT2D eigenvalue weighted by Gasteiger charge is 2.15. The lowest BCUT2D eigenvalue weighted by Gasteiger charge is -2.15. The predicted octanol–water partition coefficient (Wildman–Crippen LogP) is 5.15. The van der Waals surface area contributed by atoms with Crippen molar-refractivity contribution in [1.82, 2.24) is 0 Å². The third-order valence-electron chi connectivity index (χ3n) is 4.39. The molecule has 0 aromatic heterocycles. The van der Waals surface area contributed by atoms with E-state index < -0.39 is 5.91 Å². The maximum atomic E-state index is 12.7. The molecule has 0 saturated heterocycles. The Bertz CT molecular complexity index is 1030. The van der Waals surface area contributed by atoms with Gasteiger partial charge in [0.15, 0.2) is 11.5 Å². The van der Waals surface area contributed by atoms with Crippen LogP contribution in [0, 0.1) is 25.2 Å². The molecule has 0 bridgehead atoms. The third kappa shape index (κ3) is 5.62. The fourth-order valence-corrected chi connectivity index (χ4v) is 2.99. The number of nitrogens with zero attached hydrogens (tertiary/aromatic N) is 1. The van der Waals surface area contributed by atoms with Gasteiger partial charge in [-0.15, -0.1) is 6.58 Å². The number of benzene rings is 2. The second-order valence-corrected chi connectivity index (χ2v) is 6.75. The summed E-state index contributed by atoms with van der Waals surface area (Å²) in [6, 6.07) is 11.3. The molecule has 0 unspecified atom stereocenters. The van der Waals surface area contributed by atoms with Crippen molar-refractivity contribution in [3.63, 3.8) is 0 Å². The van der Waals surface area contributed by atoms with Crippen LogP contribution in [0.2, 0.25) is 0 Å². The second kappa shape index (κ2) is 10.7. The maximum absolute atomic E-state index is 12.7. The monoisotopic (exact) mass is 402 g/mol. The minimum Gasteiger partial charge on any atom is -0.493 e. The summed E-state index contributed by atoms with van der Waals surface area (Å²) < 4.78 is 11.2. The zero-order valence-electron chi connectivity index (χ0n) is 17.6. The molecule has 2 rings (SSSR count). The number of allylic oxidation sites excluding steroid dienone is 1. The Labute approximate surface area is 177 Å². The van der Waals surface area contributed by atoms with Crippen LogP contribution < -0.4 is 14.8 Å². The largest absolute Gasteiger partial charge is 0.493 e. The molecule has 0 saturated carbocycles. The molecular formula is C25H26N2O3. The summed E-state index contributed by atoms with van der Waals surface area (Å²) in [7, 11) is 1.54. The van der Waals surface area contributed by atoms with Gasteiger partial charge in [-0.05, 0) is 55.7 Å². The summed E-state index contributed by atoms with van der Waals surface area (Å²) >= 11 is 0. The van der Waals surface area contributed by atoms with Crippen LogP contribution in [-0.2, 0) is 11.2 Å². The molecule has 1 N–H and O–H groups in total. The summed E-state index contributed by atoms with van der Waals surface area (Å²) in [5, 5.41) is 12.4. The van der Waals surface area contributed by atoms with E-state index in [0.29, 0.717) is 35.8 Å². The lowest BCUT2D eigenvalue weighted by atomic mass is 10.0. The van der Waals surface area contributed by atoms with Gasteiger partial charge in [0.1, 0.15) is 18.2 Å². The molecule has 0 atom stereocenters. The number of aryl methyl sites for hydroxylation is 2. The van der Waals surface area contributed by atoms with E-state index in [1.165, 1.54) is 6.08 Å². The fourth-order valence-electron chi connectivity index (χ4n) is 2.99. The van der Waals surface area contributed by atoms with Gasteiger partial charge in [0, 0.05) is 11.3 Å². The van der Waals surface area contributed by atoms with Crippen molar-refractivity contribution < 1.29 is 14.3 Å². The summed E-state index contributed by atoms with van der Waals surface area (Å²) in [6.07, 6.45) is 5.48. The molecule has 2 aromatic rings. The molecule has 2 aromatic carbocycles. The zero-order valence-corrected chi connectivity index (χ0v) is 17.6. The Morgan fingerprint density at radius 1 is 1.20 bits per heavy atom. The molecule has 0 aliphatic carbocycles. The van der Waals surface area contributed by atoms with Crippen molar-refractivity contribution in [3.05, 3.63) is 83.5 Å². The minimum atomic E-state index is -0.472. The summed E-state index contributed by atoms with van der Waals surface area (Å²) in [6.45, 7) is 11.7. The number of carbonyl (C=O) groups excluding carboxylic acids is 1. The number of methoxy groups -OCH3 is 1. The Balaban J connectivity index is 2.41. The molecule has 0 heterocycles. The van der Waals surface area contributed by atoms with Crippen LogP contribution in [0.1, 0.15) is 22.3 Å². The number of nitrogens with one attached hydrogen (secondary N) is 1. The van der Waals surface area contributed by atoms with E-state index in [4.69, 9.17) is 9.47 Å². The molecule has 0 radical (unpaired) electrons. The van der Waals surface area contributed by atoms with Crippen LogP contribution in [-0.4, -0.2) is 19.6 Å². The average molecular weight is 402 g/mol. The highest BCUT2D eigenvalue weighted by Crippen LogP contribution is 2.34. The maximum Gasteiger partial charge on any atom is 0.266 e. The fraction of sp³-hybridized carbons (Fsp3) is 0.200. The first-order valence-electron chi connectivity index (χ1n) is 9.49. The molecule has 1 amide bonds. The van der Waals surface area contributed by atoms with Gasteiger partial charge >= 0.3 is 0 Å². The molecule has 30 heavy (non-hydrogen) atoms. The number of hydrogen-bond acceptors (Lipinski definition) is 4. The van der Waals surface area contributed by atoms with Crippen molar-refractivity contribution in [3.8, 4) is 17.6 Å². The van der Waals surface area contributed by atoms with Crippen LogP contribution in [0.5, 0.6) is 11.5 Å². The van der Waals surface area contributed by atoms with Gasteiger partial charge in [0.2, 0.25) is 0 Å². The quantitative estimate of drug-likeness (QED) is 0.358. The first-order valence-corrected chi connectivity index (χ1v) is 9.49. The van der Waals surface area contributed by atoms with Crippen LogP contribution in [0.25, 0.3) is 6.08 Å². The first kappa shape index (κ1) is 22.5. The van der Waals surface area contributed by atoms with Gasteiger partial charge in [-0.3, -0.25) is 4.79 Å². The molecule has 154 valence electrons. The molecule has 5 heteroatoms. The van der Waals surface area contributed by atoms with Gasteiger partial charge < -0.3 is 14.8 Å². The van der Waals surface area contributed by atoms with Crippen LogP contribution in [0.15, 0.2) is 61.2 Å². The van der Waals surface area contributed by atoms with E-state index in [9.17, 15) is 10.1 Å². The Morgan fingerprint density at radius 2 is 1.97 bits per heavy atom. The van der Waals surface area contributed by atoms with Gasteiger partial charge in [-0.1, -0.05) is 36.4 Å². The van der Waals surface area contributed by atoms with Crippen molar-refractivity contribution in [2.24, 2.45) is 0 Å². The number of rotatable bonds is 9. The molecular weight excluding hydrogens is 376 g/mol. The SMILES string of the molecule is C=CCOc1c(CC=C)cc(/C=C(\C#N)C(=O)Nc2ccc(C)cc2C)cc1OC. The zero-order chi connectivity index (χ0) is 22.1. The van der Waals surface area contributed by atoms with E-state index in [1.807, 2.05) is 44.2 Å². The number of amides is 1. The molecule has 0 spiro atoms. The van der Waals surface area contributed by atoms with Crippen molar-refractivity contribution in [1.29, 1.82) is 5.26 Å². The van der Waals surface area contributed by atoms with E-state index in [1.54, 1.807) is 25.3 Å². The first-order chi connectivity index (χ1) is 14.4. The average Bonchev–Trinajstić information content (AvgIpc) is 2.73. The molecule has 0 aliphatic heterocycles.